The molecule has 0 bridgehead atoms. The first-order chi connectivity index (χ1) is 8.27. The Kier molecular flexibility index (Phi) is 3.53. The molecule has 3 heteroatoms. The van der Waals surface area contributed by atoms with Crippen molar-refractivity contribution in [1.82, 2.24) is 4.98 Å². The number of carbonyl (C=O) groups is 1. The lowest BCUT2D eigenvalue weighted by Crippen LogP contribution is -2.32. The Morgan fingerprint density at radius 3 is 2.71 bits per heavy atom. The number of nitriles is 1. The number of pyridine rings is 1. The second-order valence-corrected chi connectivity index (χ2v) is 4.69. The second-order valence-electron chi connectivity index (χ2n) is 4.69. The number of carbonyl (C=O) groups excluding carboxylic acids is 1. The summed E-state index contributed by atoms with van der Waals surface area (Å²) in [4.78, 5) is 15.8. The van der Waals surface area contributed by atoms with E-state index in [9.17, 15) is 4.79 Å². The molecule has 1 aliphatic rings. The van der Waals surface area contributed by atoms with Crippen LogP contribution in [-0.2, 0) is 10.2 Å². The molecule has 0 saturated heterocycles. The molecule has 0 amide bonds. The van der Waals surface area contributed by atoms with E-state index in [1.54, 1.807) is 6.20 Å². The summed E-state index contributed by atoms with van der Waals surface area (Å²) in [5, 5.41) is 8.77. The molecule has 1 aromatic heterocycles. The van der Waals surface area contributed by atoms with Gasteiger partial charge in [-0.3, -0.25) is 9.78 Å². The molecule has 0 unspecified atom stereocenters. The Bertz CT molecular complexity index is 423. The Morgan fingerprint density at radius 1 is 1.35 bits per heavy atom. The lowest BCUT2D eigenvalue weighted by molar-refractivity contribution is -0.121. The molecule has 1 aliphatic carbocycles. The van der Waals surface area contributed by atoms with Crippen molar-refractivity contribution in [3.8, 4) is 6.07 Å². The molecular formula is C14H16N2O. The van der Waals surface area contributed by atoms with Crippen LogP contribution in [0.4, 0.5) is 0 Å². The zero-order valence-electron chi connectivity index (χ0n) is 9.85. The van der Waals surface area contributed by atoms with Gasteiger partial charge in [0.25, 0.3) is 0 Å². The highest BCUT2D eigenvalue weighted by atomic mass is 16.1. The van der Waals surface area contributed by atoms with Crippen LogP contribution in [0.5, 0.6) is 0 Å². The molecule has 1 heterocycles. The van der Waals surface area contributed by atoms with Gasteiger partial charge in [-0.1, -0.05) is 6.07 Å². The maximum absolute atomic E-state index is 11.4. The topological polar surface area (TPSA) is 53.8 Å². The highest BCUT2D eigenvalue weighted by molar-refractivity contribution is 5.79. The van der Waals surface area contributed by atoms with E-state index in [2.05, 4.69) is 11.1 Å². The highest BCUT2D eigenvalue weighted by Crippen LogP contribution is 2.40. The monoisotopic (exact) mass is 228 g/mol. The SMILES string of the molecule is N#CCCC1(c2ccccn2)CCC(=O)CC1. The van der Waals surface area contributed by atoms with Crippen LogP contribution in [0.15, 0.2) is 24.4 Å². The van der Waals surface area contributed by atoms with Gasteiger partial charge in [-0.15, -0.1) is 0 Å². The summed E-state index contributed by atoms with van der Waals surface area (Å²) in [7, 11) is 0. The van der Waals surface area contributed by atoms with Crippen molar-refractivity contribution in [2.45, 2.75) is 43.9 Å². The summed E-state index contributed by atoms with van der Waals surface area (Å²) in [6.45, 7) is 0. The van der Waals surface area contributed by atoms with Gasteiger partial charge < -0.3 is 0 Å². The third kappa shape index (κ3) is 2.52. The molecule has 2 rings (SSSR count). The van der Waals surface area contributed by atoms with E-state index < -0.39 is 0 Å². The number of nitrogens with zero attached hydrogens (tertiary/aromatic N) is 2. The highest BCUT2D eigenvalue weighted by Gasteiger charge is 2.36. The molecule has 0 aliphatic heterocycles. The van der Waals surface area contributed by atoms with E-state index in [4.69, 9.17) is 5.26 Å². The largest absolute Gasteiger partial charge is 0.300 e. The van der Waals surface area contributed by atoms with Crippen molar-refractivity contribution < 1.29 is 4.79 Å². The summed E-state index contributed by atoms with van der Waals surface area (Å²) < 4.78 is 0. The third-order valence-corrected chi connectivity index (χ3v) is 3.69. The van der Waals surface area contributed by atoms with Gasteiger partial charge in [0.15, 0.2) is 0 Å². The summed E-state index contributed by atoms with van der Waals surface area (Å²) in [5.74, 6) is 0.341. The first-order valence-electron chi connectivity index (χ1n) is 6.07. The van der Waals surface area contributed by atoms with E-state index >= 15 is 0 Å². The van der Waals surface area contributed by atoms with Gasteiger partial charge in [0.2, 0.25) is 0 Å². The minimum atomic E-state index is -0.0507. The zero-order chi connectivity index (χ0) is 12.1. The fourth-order valence-corrected chi connectivity index (χ4v) is 2.61. The minimum Gasteiger partial charge on any atom is -0.300 e. The van der Waals surface area contributed by atoms with Crippen molar-refractivity contribution >= 4 is 5.78 Å². The van der Waals surface area contributed by atoms with Crippen LogP contribution in [0.3, 0.4) is 0 Å². The zero-order valence-corrected chi connectivity index (χ0v) is 9.85. The molecular weight excluding hydrogens is 212 g/mol. The first kappa shape index (κ1) is 11.8. The van der Waals surface area contributed by atoms with Gasteiger partial charge >= 0.3 is 0 Å². The third-order valence-electron chi connectivity index (χ3n) is 3.69. The van der Waals surface area contributed by atoms with E-state index in [-0.39, 0.29) is 5.41 Å². The van der Waals surface area contributed by atoms with Gasteiger partial charge in [0, 0.05) is 36.6 Å². The minimum absolute atomic E-state index is 0.0507. The van der Waals surface area contributed by atoms with Crippen molar-refractivity contribution in [1.29, 1.82) is 5.26 Å². The number of hydrogen-bond acceptors (Lipinski definition) is 3. The number of aromatic nitrogens is 1. The molecule has 88 valence electrons. The predicted molar refractivity (Wildman–Crippen MR) is 64.2 cm³/mol. The van der Waals surface area contributed by atoms with Gasteiger partial charge in [0.1, 0.15) is 5.78 Å². The maximum Gasteiger partial charge on any atom is 0.132 e. The fourth-order valence-electron chi connectivity index (χ4n) is 2.61. The molecule has 1 aromatic rings. The van der Waals surface area contributed by atoms with E-state index in [0.29, 0.717) is 25.0 Å². The lowest BCUT2D eigenvalue weighted by Gasteiger charge is -2.35. The Morgan fingerprint density at radius 2 is 2.12 bits per heavy atom. The summed E-state index contributed by atoms with van der Waals surface area (Å²) >= 11 is 0. The van der Waals surface area contributed by atoms with Crippen LogP contribution >= 0.6 is 0 Å². The van der Waals surface area contributed by atoms with Crippen LogP contribution in [0.25, 0.3) is 0 Å². The Labute approximate surface area is 101 Å². The van der Waals surface area contributed by atoms with Crippen LogP contribution in [0.2, 0.25) is 0 Å². The first-order valence-corrected chi connectivity index (χ1v) is 6.07. The molecule has 1 fully saturated rings. The van der Waals surface area contributed by atoms with Crippen molar-refractivity contribution in [3.63, 3.8) is 0 Å². The predicted octanol–water partition coefficient (Wildman–Crippen LogP) is 2.77. The average molecular weight is 228 g/mol. The molecule has 0 atom stereocenters. The van der Waals surface area contributed by atoms with Gasteiger partial charge in [-0.2, -0.15) is 5.26 Å². The smallest absolute Gasteiger partial charge is 0.132 e. The van der Waals surface area contributed by atoms with Crippen LogP contribution in [-0.4, -0.2) is 10.8 Å². The van der Waals surface area contributed by atoms with Crippen molar-refractivity contribution in [2.24, 2.45) is 0 Å². The van der Waals surface area contributed by atoms with Gasteiger partial charge in [-0.25, -0.2) is 0 Å². The average Bonchev–Trinajstić information content (AvgIpc) is 2.40. The summed E-state index contributed by atoms with van der Waals surface area (Å²) in [6, 6.07) is 8.11. The molecule has 0 radical (unpaired) electrons. The molecule has 0 N–H and O–H groups in total. The lowest BCUT2D eigenvalue weighted by atomic mass is 9.68. The summed E-state index contributed by atoms with van der Waals surface area (Å²) in [5.41, 5.74) is 0.994. The number of hydrogen-bond donors (Lipinski definition) is 0. The number of rotatable bonds is 3. The Balaban J connectivity index is 2.25. The van der Waals surface area contributed by atoms with Crippen LogP contribution in [0, 0.1) is 11.3 Å². The van der Waals surface area contributed by atoms with Gasteiger partial charge in [0.05, 0.1) is 6.07 Å². The van der Waals surface area contributed by atoms with Crippen LogP contribution < -0.4 is 0 Å². The molecule has 17 heavy (non-hydrogen) atoms. The second kappa shape index (κ2) is 5.09. The van der Waals surface area contributed by atoms with Crippen LogP contribution in [0.1, 0.15) is 44.2 Å². The van der Waals surface area contributed by atoms with Gasteiger partial charge in [-0.05, 0) is 31.4 Å². The molecule has 1 saturated carbocycles. The van der Waals surface area contributed by atoms with Crippen molar-refractivity contribution in [2.75, 3.05) is 0 Å². The molecule has 0 spiro atoms. The number of ketones is 1. The molecule has 0 aromatic carbocycles. The standard InChI is InChI=1S/C14H16N2O/c15-10-3-7-14(8-5-12(17)6-9-14)13-4-1-2-11-16-13/h1-2,4,11H,3,5-9H2. The number of Topliss-reactive ketones (excluding diaryl/α,β-unsaturated/α-hetero) is 1. The normalized spacial score (nSPS) is 18.6. The van der Waals surface area contributed by atoms with E-state index in [1.807, 2.05) is 18.2 Å². The van der Waals surface area contributed by atoms with Crippen molar-refractivity contribution in [3.05, 3.63) is 30.1 Å². The maximum atomic E-state index is 11.4. The molecule has 3 nitrogen and oxygen atoms in total. The van der Waals surface area contributed by atoms with E-state index in [0.717, 1.165) is 25.0 Å². The quantitative estimate of drug-likeness (QED) is 0.799. The Hall–Kier alpha value is -1.69. The van der Waals surface area contributed by atoms with E-state index in [1.165, 1.54) is 0 Å². The summed E-state index contributed by atoms with van der Waals surface area (Å²) in [6.07, 6.45) is 6.07. The fraction of sp³-hybridized carbons (Fsp3) is 0.500.